The smallest absolute Gasteiger partial charge is 0.246 e. The first kappa shape index (κ1) is 31.2. The number of phenols is 1. The van der Waals surface area contributed by atoms with Crippen LogP contribution in [0.5, 0.6) is 5.75 Å². The Kier molecular flexibility index (Phi) is 10.5. The van der Waals surface area contributed by atoms with Gasteiger partial charge < -0.3 is 20.3 Å². The minimum atomic E-state index is -0.753. The lowest BCUT2D eigenvalue weighted by atomic mass is 10.1. The molecule has 1 fully saturated rings. The second-order valence-corrected chi connectivity index (χ2v) is 10.00. The molecule has 1 atom stereocenters. The molecular weight excluding hydrogens is 549 g/mol. The third kappa shape index (κ3) is 6.86. The number of pyridine rings is 1. The molecule has 12 heteroatoms. The highest BCUT2D eigenvalue weighted by Gasteiger charge is 2.32. The molecule has 1 aromatic heterocycles. The number of carbonyl (C=O) groups is 2. The maximum absolute atomic E-state index is 15.0. The van der Waals surface area contributed by atoms with Crippen LogP contribution >= 0.6 is 11.6 Å². The number of aliphatic imine (C=N–C) groups is 2. The van der Waals surface area contributed by atoms with E-state index in [-0.39, 0.29) is 51.5 Å². The van der Waals surface area contributed by atoms with Crippen molar-refractivity contribution >= 4 is 48.0 Å². The molecule has 0 radical (unpaired) electrons. The van der Waals surface area contributed by atoms with Crippen molar-refractivity contribution in [2.45, 2.75) is 26.8 Å². The van der Waals surface area contributed by atoms with E-state index in [1.807, 2.05) is 25.7 Å². The first-order chi connectivity index (χ1) is 19.6. The van der Waals surface area contributed by atoms with Crippen molar-refractivity contribution in [3.8, 4) is 17.0 Å². The van der Waals surface area contributed by atoms with Crippen LogP contribution in [-0.2, 0) is 9.59 Å². The van der Waals surface area contributed by atoms with Gasteiger partial charge in [-0.05, 0) is 43.2 Å². The number of hydrogen-bond donors (Lipinski definition) is 2. The molecule has 1 aromatic carbocycles. The molecule has 2 N–H and O–H groups in total. The van der Waals surface area contributed by atoms with Gasteiger partial charge in [-0.3, -0.25) is 19.5 Å². The van der Waals surface area contributed by atoms with Gasteiger partial charge >= 0.3 is 0 Å². The zero-order valence-corrected chi connectivity index (χ0v) is 24.1. The fraction of sp³-hybridized carbons (Fsp3) is 0.310. The second-order valence-electron chi connectivity index (χ2n) is 9.59. The molecule has 10 nitrogen and oxygen atoms in total. The molecule has 1 aliphatic heterocycles. The molecule has 0 aliphatic carbocycles. The topological polar surface area (TPSA) is 126 Å². The van der Waals surface area contributed by atoms with E-state index < -0.39 is 5.82 Å². The fourth-order valence-corrected chi connectivity index (χ4v) is 4.81. The fourth-order valence-electron chi connectivity index (χ4n) is 4.56. The van der Waals surface area contributed by atoms with Crippen LogP contribution in [0.2, 0.25) is 5.02 Å². The van der Waals surface area contributed by atoms with Crippen LogP contribution in [0.3, 0.4) is 0 Å². The molecule has 2 heterocycles. The number of nitrogens with zero attached hydrogens (tertiary/aromatic N) is 6. The number of carbonyl (C=O) groups excluding carboxylic acids is 2. The minimum Gasteiger partial charge on any atom is -0.507 e. The molecule has 2 amide bonds. The van der Waals surface area contributed by atoms with Gasteiger partial charge in [-0.15, -0.1) is 0 Å². The van der Waals surface area contributed by atoms with Gasteiger partial charge in [0.1, 0.15) is 23.2 Å². The van der Waals surface area contributed by atoms with Gasteiger partial charge in [0.25, 0.3) is 0 Å². The number of aromatic hydroxyl groups is 1. The predicted molar refractivity (Wildman–Crippen MR) is 160 cm³/mol. The van der Waals surface area contributed by atoms with Crippen LogP contribution in [0.1, 0.15) is 26.3 Å². The van der Waals surface area contributed by atoms with E-state index in [9.17, 15) is 19.1 Å². The molecule has 0 spiro atoms. The summed E-state index contributed by atoms with van der Waals surface area (Å²) >= 11 is 6.68. The third-order valence-electron chi connectivity index (χ3n) is 6.37. The number of rotatable bonds is 9. The first-order valence-electron chi connectivity index (χ1n) is 12.9. The molecule has 3 rings (SSSR count). The zero-order valence-electron chi connectivity index (χ0n) is 23.4. The van der Waals surface area contributed by atoms with E-state index in [2.05, 4.69) is 21.5 Å². The summed E-state index contributed by atoms with van der Waals surface area (Å²) in [5, 5.41) is 17.9. The zero-order chi connectivity index (χ0) is 30.3. The molecule has 41 heavy (non-hydrogen) atoms. The van der Waals surface area contributed by atoms with Crippen molar-refractivity contribution in [3.05, 3.63) is 65.2 Å². The van der Waals surface area contributed by atoms with Gasteiger partial charge in [-0.25, -0.2) is 14.4 Å². The van der Waals surface area contributed by atoms with Crippen LogP contribution in [0.25, 0.3) is 11.3 Å². The number of amidine groups is 1. The Balaban J connectivity index is 2.29. The molecular formula is C29H33ClFN7O3. The Morgan fingerprint density at radius 2 is 2.10 bits per heavy atom. The van der Waals surface area contributed by atoms with Crippen molar-refractivity contribution in [3.63, 3.8) is 0 Å². The van der Waals surface area contributed by atoms with E-state index in [1.165, 1.54) is 41.5 Å². The van der Waals surface area contributed by atoms with Gasteiger partial charge in [0, 0.05) is 45.2 Å². The molecule has 1 saturated heterocycles. The highest BCUT2D eigenvalue weighted by molar-refractivity contribution is 6.33. The van der Waals surface area contributed by atoms with Crippen molar-refractivity contribution < 1.29 is 19.1 Å². The normalized spacial score (nSPS) is 16.3. The van der Waals surface area contributed by atoms with Crippen LogP contribution in [0, 0.1) is 17.1 Å². The van der Waals surface area contributed by atoms with E-state index in [0.29, 0.717) is 37.4 Å². The number of nitrogens with one attached hydrogen (secondary N) is 1. The average molecular weight is 582 g/mol. The van der Waals surface area contributed by atoms with Crippen LogP contribution in [0.4, 0.5) is 10.2 Å². The summed E-state index contributed by atoms with van der Waals surface area (Å²) < 4.78 is 15.0. The molecule has 1 aliphatic rings. The number of piperazine rings is 1. The number of allylic oxidation sites excluding steroid dienone is 1. The molecule has 216 valence electrons. The summed E-state index contributed by atoms with van der Waals surface area (Å²) in [6.45, 7) is 10.5. The minimum absolute atomic E-state index is 0.0154. The summed E-state index contributed by atoms with van der Waals surface area (Å²) in [5.41, 5.74) is 0.0328. The standard InChI is InChI=1S/C29H33ClFN7O3/c1-6-25(41)36-12-13-37(19(4)16-36)28(33-5)20-15-21(30)27(26-22(31)8-7-9-23(26)40)35-29(20)38(17-39)24(14-18(2)3)34-11-10-32/h6-11,14-15,17-19,32,40H,1,12-13,16H2,2-5H3/b24-14-,32-10?,33-28?,34-11?. The average Bonchev–Trinajstić information content (AvgIpc) is 2.93. The van der Waals surface area contributed by atoms with Gasteiger partial charge in [-0.1, -0.05) is 38.1 Å². The van der Waals surface area contributed by atoms with E-state index in [0.717, 1.165) is 6.21 Å². The van der Waals surface area contributed by atoms with Gasteiger partial charge in [0.2, 0.25) is 12.3 Å². The quantitative estimate of drug-likeness (QED) is 0.195. The maximum Gasteiger partial charge on any atom is 0.246 e. The van der Waals surface area contributed by atoms with Gasteiger partial charge in [0.15, 0.2) is 5.82 Å². The van der Waals surface area contributed by atoms with E-state index in [4.69, 9.17) is 17.0 Å². The lowest BCUT2D eigenvalue weighted by Crippen LogP contribution is -2.55. The van der Waals surface area contributed by atoms with Crippen molar-refractivity contribution in [2.75, 3.05) is 31.6 Å². The Morgan fingerprint density at radius 3 is 2.66 bits per heavy atom. The van der Waals surface area contributed by atoms with Crippen molar-refractivity contribution in [2.24, 2.45) is 15.9 Å². The summed E-state index contributed by atoms with van der Waals surface area (Å²) in [7, 11) is 1.58. The highest BCUT2D eigenvalue weighted by Crippen LogP contribution is 2.39. The first-order valence-corrected chi connectivity index (χ1v) is 13.3. The number of amides is 2. The number of halogens is 2. The van der Waals surface area contributed by atoms with Crippen LogP contribution in [-0.4, -0.2) is 83.2 Å². The van der Waals surface area contributed by atoms with E-state index >= 15 is 0 Å². The lowest BCUT2D eigenvalue weighted by Gasteiger charge is -2.41. The predicted octanol–water partition coefficient (Wildman–Crippen LogP) is 4.52. The molecule has 0 bridgehead atoms. The second kappa shape index (κ2) is 13.8. The molecule has 2 aromatic rings. The highest BCUT2D eigenvalue weighted by atomic mass is 35.5. The number of hydrogen-bond acceptors (Lipinski definition) is 7. The van der Waals surface area contributed by atoms with Crippen molar-refractivity contribution in [1.82, 2.24) is 14.8 Å². The summed E-state index contributed by atoms with van der Waals surface area (Å²) in [4.78, 5) is 43.1. The summed E-state index contributed by atoms with van der Waals surface area (Å²) in [6.07, 6.45) is 5.68. The van der Waals surface area contributed by atoms with Crippen molar-refractivity contribution in [1.29, 1.82) is 5.41 Å². The molecule has 0 saturated carbocycles. The van der Waals surface area contributed by atoms with Crippen LogP contribution in [0.15, 0.2) is 58.8 Å². The third-order valence-corrected chi connectivity index (χ3v) is 6.66. The Hall–Kier alpha value is -4.38. The number of anilines is 1. The summed E-state index contributed by atoms with van der Waals surface area (Å²) in [6, 6.07) is 5.17. The van der Waals surface area contributed by atoms with Crippen LogP contribution < -0.4 is 4.90 Å². The largest absolute Gasteiger partial charge is 0.507 e. The van der Waals surface area contributed by atoms with E-state index in [1.54, 1.807) is 18.0 Å². The number of aromatic nitrogens is 1. The Morgan fingerprint density at radius 1 is 1.37 bits per heavy atom. The molecule has 1 unspecified atom stereocenters. The number of phenolic OH excluding ortho intramolecular Hbond substituents is 1. The summed E-state index contributed by atoms with van der Waals surface area (Å²) in [5.74, 6) is -0.713. The SMILES string of the molecule is C=CC(=O)N1CCN(C(=NC)c2cc(Cl)c(-c3c(O)cccc3F)nc2N(C=O)/C(=C\C(C)C)N=CC=N)C(C)C1. The van der Waals surface area contributed by atoms with Gasteiger partial charge in [-0.2, -0.15) is 0 Å². The monoisotopic (exact) mass is 581 g/mol. The van der Waals surface area contributed by atoms with Gasteiger partial charge in [0.05, 0.1) is 21.8 Å². The Labute approximate surface area is 243 Å². The lowest BCUT2D eigenvalue weighted by molar-refractivity contribution is -0.128. The Bertz CT molecular complexity index is 1400. The number of benzene rings is 1. The maximum atomic E-state index is 15.0.